The number of halogens is 1. The lowest BCUT2D eigenvalue weighted by Gasteiger charge is -2.03. The Morgan fingerprint density at radius 2 is 2.21 bits per heavy atom. The summed E-state index contributed by atoms with van der Waals surface area (Å²) in [7, 11) is 1.49. The van der Waals surface area contributed by atoms with Crippen molar-refractivity contribution in [3.8, 4) is 0 Å². The summed E-state index contributed by atoms with van der Waals surface area (Å²) < 4.78 is 13.4. The van der Waals surface area contributed by atoms with E-state index >= 15 is 0 Å². The van der Waals surface area contributed by atoms with E-state index in [1.807, 2.05) is 6.92 Å². The predicted molar refractivity (Wildman–Crippen MR) is 53.8 cm³/mol. The summed E-state index contributed by atoms with van der Waals surface area (Å²) >= 11 is 0. The molecule has 0 atom stereocenters. The van der Waals surface area contributed by atoms with Gasteiger partial charge in [0.15, 0.2) is 0 Å². The fourth-order valence-electron chi connectivity index (χ4n) is 1.32. The van der Waals surface area contributed by atoms with Crippen LogP contribution in [0.2, 0.25) is 0 Å². The van der Waals surface area contributed by atoms with Crippen LogP contribution in [0.3, 0.4) is 0 Å². The van der Waals surface area contributed by atoms with Gasteiger partial charge >= 0.3 is 0 Å². The van der Waals surface area contributed by atoms with Crippen LogP contribution in [0.15, 0.2) is 18.2 Å². The van der Waals surface area contributed by atoms with E-state index in [9.17, 15) is 9.18 Å². The largest absolute Gasteiger partial charge is 0.355 e. The summed E-state index contributed by atoms with van der Waals surface area (Å²) in [4.78, 5) is 11.2. The van der Waals surface area contributed by atoms with Crippen molar-refractivity contribution in [2.24, 2.45) is 0 Å². The normalized spacial score (nSPS) is 9.93. The first-order valence-corrected chi connectivity index (χ1v) is 4.69. The third kappa shape index (κ3) is 2.31. The quantitative estimate of drug-likeness (QED) is 0.786. The maximum atomic E-state index is 13.4. The second kappa shape index (κ2) is 4.74. The fourth-order valence-corrected chi connectivity index (χ4v) is 1.32. The molecule has 0 spiro atoms. The summed E-state index contributed by atoms with van der Waals surface area (Å²) in [6.45, 7) is 2.03. The molecule has 14 heavy (non-hydrogen) atoms. The summed E-state index contributed by atoms with van der Waals surface area (Å²) in [5, 5.41) is 2.39. The Hall–Kier alpha value is -1.38. The lowest BCUT2D eigenvalue weighted by molar-refractivity contribution is 0.0959. The molecule has 2 nitrogen and oxygen atoms in total. The second-order valence-corrected chi connectivity index (χ2v) is 3.14. The fraction of sp³-hybridized carbons (Fsp3) is 0.364. The van der Waals surface area contributed by atoms with Gasteiger partial charge in [0.25, 0.3) is 5.91 Å². The molecule has 0 aliphatic carbocycles. The van der Waals surface area contributed by atoms with Crippen LogP contribution in [0.4, 0.5) is 4.39 Å². The van der Waals surface area contributed by atoms with Crippen molar-refractivity contribution in [2.45, 2.75) is 19.8 Å². The average molecular weight is 195 g/mol. The molecule has 0 saturated heterocycles. The van der Waals surface area contributed by atoms with Gasteiger partial charge < -0.3 is 5.32 Å². The summed E-state index contributed by atoms with van der Waals surface area (Å²) in [5.41, 5.74) is 1.03. The maximum absolute atomic E-state index is 13.4. The van der Waals surface area contributed by atoms with Crippen LogP contribution in [0, 0.1) is 5.82 Å². The third-order valence-electron chi connectivity index (χ3n) is 2.04. The van der Waals surface area contributed by atoms with Gasteiger partial charge in [0.05, 0.1) is 5.56 Å². The van der Waals surface area contributed by atoms with Crippen molar-refractivity contribution >= 4 is 5.91 Å². The predicted octanol–water partition coefficient (Wildman–Crippen LogP) is 2.14. The number of nitrogens with one attached hydrogen (secondary N) is 1. The zero-order chi connectivity index (χ0) is 10.6. The van der Waals surface area contributed by atoms with Gasteiger partial charge in [0, 0.05) is 7.05 Å². The second-order valence-electron chi connectivity index (χ2n) is 3.14. The molecule has 0 aromatic heterocycles. The zero-order valence-electron chi connectivity index (χ0n) is 8.43. The van der Waals surface area contributed by atoms with E-state index in [1.54, 1.807) is 6.07 Å². The van der Waals surface area contributed by atoms with E-state index < -0.39 is 5.82 Å². The molecule has 0 heterocycles. The number of rotatable bonds is 3. The molecule has 0 bridgehead atoms. The Bertz CT molecular complexity index is 336. The molecule has 1 amide bonds. The van der Waals surface area contributed by atoms with E-state index in [0.29, 0.717) is 0 Å². The smallest absolute Gasteiger partial charge is 0.253 e. The number of amides is 1. The van der Waals surface area contributed by atoms with Crippen molar-refractivity contribution in [1.82, 2.24) is 5.32 Å². The van der Waals surface area contributed by atoms with Crippen molar-refractivity contribution in [2.75, 3.05) is 7.05 Å². The molecule has 0 aliphatic rings. The van der Waals surface area contributed by atoms with Gasteiger partial charge in [-0.3, -0.25) is 4.79 Å². The molecule has 0 unspecified atom stereocenters. The lowest BCUT2D eigenvalue weighted by atomic mass is 10.1. The molecule has 0 radical (unpaired) electrons. The number of aryl methyl sites for hydroxylation is 1. The first kappa shape index (κ1) is 10.7. The van der Waals surface area contributed by atoms with E-state index in [0.717, 1.165) is 18.4 Å². The monoisotopic (exact) mass is 195 g/mol. The number of hydrogen-bond donors (Lipinski definition) is 1. The Balaban J connectivity index is 2.95. The Kier molecular flexibility index (Phi) is 3.63. The molecule has 1 aromatic rings. The first-order chi connectivity index (χ1) is 6.69. The van der Waals surface area contributed by atoms with Crippen LogP contribution < -0.4 is 5.32 Å². The van der Waals surface area contributed by atoms with Gasteiger partial charge in [-0.05, 0) is 24.1 Å². The van der Waals surface area contributed by atoms with Gasteiger partial charge in [0.2, 0.25) is 0 Å². The van der Waals surface area contributed by atoms with Crippen LogP contribution in [0.5, 0.6) is 0 Å². The van der Waals surface area contributed by atoms with E-state index in [2.05, 4.69) is 5.32 Å². The van der Waals surface area contributed by atoms with Crippen LogP contribution >= 0.6 is 0 Å². The minimum absolute atomic E-state index is 0.104. The molecule has 0 saturated carbocycles. The third-order valence-corrected chi connectivity index (χ3v) is 2.04. The lowest BCUT2D eigenvalue weighted by Crippen LogP contribution is -2.19. The van der Waals surface area contributed by atoms with Gasteiger partial charge in [0.1, 0.15) is 5.82 Å². The number of benzene rings is 1. The molecule has 3 heteroatoms. The highest BCUT2D eigenvalue weighted by atomic mass is 19.1. The standard InChI is InChI=1S/C11H14FNO/c1-3-4-8-5-6-9(10(12)7-8)11(14)13-2/h5-7H,3-4H2,1-2H3,(H,13,14). The zero-order valence-corrected chi connectivity index (χ0v) is 8.43. The highest BCUT2D eigenvalue weighted by Gasteiger charge is 2.09. The topological polar surface area (TPSA) is 29.1 Å². The van der Waals surface area contributed by atoms with E-state index in [4.69, 9.17) is 0 Å². The summed E-state index contributed by atoms with van der Waals surface area (Å²) in [6.07, 6.45) is 1.81. The first-order valence-electron chi connectivity index (χ1n) is 4.69. The number of carbonyl (C=O) groups is 1. The van der Waals surface area contributed by atoms with Crippen LogP contribution in [0.1, 0.15) is 29.3 Å². The van der Waals surface area contributed by atoms with Crippen molar-refractivity contribution in [3.63, 3.8) is 0 Å². The van der Waals surface area contributed by atoms with E-state index in [1.165, 1.54) is 19.2 Å². The Morgan fingerprint density at radius 1 is 1.50 bits per heavy atom. The molecule has 1 aromatic carbocycles. The Morgan fingerprint density at radius 3 is 2.71 bits per heavy atom. The molecule has 1 N–H and O–H groups in total. The molecule has 0 aliphatic heterocycles. The highest BCUT2D eigenvalue weighted by molar-refractivity contribution is 5.94. The Labute approximate surface area is 83.1 Å². The average Bonchev–Trinajstić information content (AvgIpc) is 2.17. The number of carbonyl (C=O) groups excluding carboxylic acids is 1. The minimum atomic E-state index is -0.449. The van der Waals surface area contributed by atoms with E-state index in [-0.39, 0.29) is 11.5 Å². The molecule has 76 valence electrons. The number of hydrogen-bond acceptors (Lipinski definition) is 1. The molecule has 0 fully saturated rings. The van der Waals surface area contributed by atoms with Crippen molar-refractivity contribution in [3.05, 3.63) is 35.1 Å². The van der Waals surface area contributed by atoms with Gasteiger partial charge in [-0.15, -0.1) is 0 Å². The van der Waals surface area contributed by atoms with Gasteiger partial charge in [-0.1, -0.05) is 19.4 Å². The van der Waals surface area contributed by atoms with Gasteiger partial charge in [-0.2, -0.15) is 0 Å². The van der Waals surface area contributed by atoms with Crippen molar-refractivity contribution in [1.29, 1.82) is 0 Å². The molecular weight excluding hydrogens is 181 g/mol. The van der Waals surface area contributed by atoms with Crippen molar-refractivity contribution < 1.29 is 9.18 Å². The van der Waals surface area contributed by atoms with Crippen LogP contribution in [-0.2, 0) is 6.42 Å². The maximum Gasteiger partial charge on any atom is 0.253 e. The molecular formula is C11H14FNO. The van der Waals surface area contributed by atoms with Crippen LogP contribution in [0.25, 0.3) is 0 Å². The SMILES string of the molecule is CCCc1ccc(C(=O)NC)c(F)c1. The van der Waals surface area contributed by atoms with Gasteiger partial charge in [-0.25, -0.2) is 4.39 Å². The minimum Gasteiger partial charge on any atom is -0.355 e. The summed E-state index contributed by atoms with van der Waals surface area (Å²) in [6, 6.07) is 4.74. The molecule has 1 rings (SSSR count). The highest BCUT2D eigenvalue weighted by Crippen LogP contribution is 2.11. The van der Waals surface area contributed by atoms with Crippen LogP contribution in [-0.4, -0.2) is 13.0 Å². The summed E-state index contributed by atoms with van der Waals surface area (Å²) in [5.74, 6) is -0.833.